The Morgan fingerprint density at radius 3 is 2.27 bits per heavy atom. The van der Waals surface area contributed by atoms with Crippen LogP contribution in [-0.2, 0) is 0 Å². The van der Waals surface area contributed by atoms with Crippen molar-refractivity contribution in [2.45, 2.75) is 34.2 Å². The average molecular weight is 160 g/mol. The Morgan fingerprint density at radius 1 is 1.45 bits per heavy atom. The molecule has 0 aromatic rings. The second kappa shape index (κ2) is 8.02. The highest BCUT2D eigenvalue weighted by molar-refractivity contribution is 4.61. The van der Waals surface area contributed by atoms with Crippen LogP contribution >= 0.6 is 0 Å². The van der Waals surface area contributed by atoms with Gasteiger partial charge in [-0.25, -0.2) is 0 Å². The van der Waals surface area contributed by atoms with E-state index < -0.39 is 0 Å². The van der Waals surface area contributed by atoms with Crippen molar-refractivity contribution in [3.8, 4) is 0 Å². The SMILES string of the molecule is C.CC.[CH2-][NH+]1CCN[C@H](C)C1. The van der Waals surface area contributed by atoms with Gasteiger partial charge in [-0.2, -0.15) is 7.05 Å². The summed E-state index contributed by atoms with van der Waals surface area (Å²) in [6, 6.07) is 0.663. The van der Waals surface area contributed by atoms with Gasteiger partial charge in [0.05, 0.1) is 19.1 Å². The molecule has 1 unspecified atom stereocenters. The molecule has 2 N–H and O–H groups in total. The van der Waals surface area contributed by atoms with E-state index in [1.807, 2.05) is 13.8 Å². The third-order valence-electron chi connectivity index (χ3n) is 1.57. The van der Waals surface area contributed by atoms with E-state index in [4.69, 9.17) is 0 Å². The van der Waals surface area contributed by atoms with E-state index in [1.54, 1.807) is 0 Å². The minimum absolute atomic E-state index is 0. The fraction of sp³-hybridized carbons (Fsp3) is 0.889. The topological polar surface area (TPSA) is 16.5 Å². The predicted molar refractivity (Wildman–Crippen MR) is 51.6 cm³/mol. The van der Waals surface area contributed by atoms with E-state index in [0.717, 1.165) is 6.54 Å². The van der Waals surface area contributed by atoms with Crippen molar-refractivity contribution in [1.82, 2.24) is 5.32 Å². The maximum absolute atomic E-state index is 3.92. The summed E-state index contributed by atoms with van der Waals surface area (Å²) in [5, 5.41) is 3.35. The molecule has 2 nitrogen and oxygen atoms in total. The van der Waals surface area contributed by atoms with Crippen LogP contribution in [0.3, 0.4) is 0 Å². The zero-order valence-corrected chi connectivity index (χ0v) is 7.41. The zero-order valence-electron chi connectivity index (χ0n) is 7.41. The summed E-state index contributed by atoms with van der Waals surface area (Å²) in [6.45, 7) is 9.66. The molecular weight excluding hydrogens is 136 g/mol. The maximum Gasteiger partial charge on any atom is 0.0684 e. The Balaban J connectivity index is 0. The number of piperazine rings is 1. The van der Waals surface area contributed by atoms with E-state index in [0.29, 0.717) is 6.04 Å². The Kier molecular flexibility index (Phi) is 9.85. The first kappa shape index (κ1) is 13.5. The average Bonchev–Trinajstić information content (AvgIpc) is 1.91. The van der Waals surface area contributed by atoms with E-state index in [-0.39, 0.29) is 7.43 Å². The normalized spacial score (nSPS) is 29.5. The summed E-state index contributed by atoms with van der Waals surface area (Å²) in [5.41, 5.74) is 0. The quantitative estimate of drug-likeness (QED) is 0.488. The molecule has 1 rings (SSSR count). The van der Waals surface area contributed by atoms with E-state index in [1.165, 1.54) is 18.0 Å². The summed E-state index contributed by atoms with van der Waals surface area (Å²) in [6.07, 6.45) is 0. The Labute approximate surface area is 72.0 Å². The van der Waals surface area contributed by atoms with Gasteiger partial charge in [0.15, 0.2) is 0 Å². The third kappa shape index (κ3) is 6.32. The summed E-state index contributed by atoms with van der Waals surface area (Å²) in [7, 11) is 3.92. The van der Waals surface area contributed by atoms with Gasteiger partial charge in [-0.05, 0) is 6.92 Å². The number of nitrogens with one attached hydrogen (secondary N) is 2. The standard InChI is InChI=1S/C6H14N2.C2H6.CH4/c1-6-5-8(2)4-3-7-6;1-2;/h6-8H,2-5H2,1H3;1-2H3;1H4/t6-;;/m1../s1. The van der Waals surface area contributed by atoms with Crippen LogP contribution in [0.2, 0.25) is 0 Å². The molecule has 0 aromatic heterocycles. The molecule has 0 saturated carbocycles. The van der Waals surface area contributed by atoms with Gasteiger partial charge in [-0.3, -0.25) is 0 Å². The molecule has 1 aliphatic heterocycles. The lowest BCUT2D eigenvalue weighted by Gasteiger charge is -2.30. The molecule has 1 saturated heterocycles. The second-order valence-electron chi connectivity index (χ2n) is 2.56. The summed E-state index contributed by atoms with van der Waals surface area (Å²) in [5.74, 6) is 0. The minimum Gasteiger partial charge on any atom is -0.466 e. The highest BCUT2D eigenvalue weighted by atomic mass is 15.2. The molecule has 70 valence electrons. The minimum atomic E-state index is 0. The van der Waals surface area contributed by atoms with Crippen molar-refractivity contribution in [1.29, 1.82) is 0 Å². The van der Waals surface area contributed by atoms with Crippen LogP contribution in [0.15, 0.2) is 0 Å². The van der Waals surface area contributed by atoms with Gasteiger partial charge < -0.3 is 10.2 Å². The van der Waals surface area contributed by atoms with Gasteiger partial charge in [0.1, 0.15) is 0 Å². The number of hydrogen-bond acceptors (Lipinski definition) is 1. The van der Waals surface area contributed by atoms with Crippen molar-refractivity contribution >= 4 is 0 Å². The third-order valence-corrected chi connectivity index (χ3v) is 1.57. The summed E-state index contributed by atoms with van der Waals surface area (Å²) in [4.78, 5) is 1.40. The molecule has 0 spiro atoms. The van der Waals surface area contributed by atoms with E-state index >= 15 is 0 Å². The van der Waals surface area contributed by atoms with Crippen LogP contribution in [0.5, 0.6) is 0 Å². The molecule has 1 fully saturated rings. The van der Waals surface area contributed by atoms with Crippen LogP contribution in [-0.4, -0.2) is 25.7 Å². The summed E-state index contributed by atoms with van der Waals surface area (Å²) < 4.78 is 0. The van der Waals surface area contributed by atoms with Crippen LogP contribution < -0.4 is 10.2 Å². The fourth-order valence-electron chi connectivity index (χ4n) is 1.10. The lowest BCUT2D eigenvalue weighted by molar-refractivity contribution is -0.858. The molecule has 0 aliphatic carbocycles. The van der Waals surface area contributed by atoms with E-state index in [9.17, 15) is 0 Å². The van der Waals surface area contributed by atoms with Gasteiger partial charge in [0.25, 0.3) is 0 Å². The lowest BCUT2D eigenvalue weighted by atomic mass is 10.2. The maximum atomic E-state index is 3.92. The molecule has 0 aromatic carbocycles. The molecule has 1 aliphatic rings. The molecule has 0 radical (unpaired) electrons. The first-order valence-electron chi connectivity index (χ1n) is 4.19. The smallest absolute Gasteiger partial charge is 0.0684 e. The van der Waals surface area contributed by atoms with Crippen molar-refractivity contribution < 1.29 is 4.90 Å². The van der Waals surface area contributed by atoms with Crippen molar-refractivity contribution in [3.63, 3.8) is 0 Å². The van der Waals surface area contributed by atoms with Gasteiger partial charge in [-0.1, -0.05) is 21.3 Å². The number of hydrogen-bond donors (Lipinski definition) is 2. The van der Waals surface area contributed by atoms with Crippen molar-refractivity contribution in [2.24, 2.45) is 0 Å². The molecule has 11 heavy (non-hydrogen) atoms. The first-order valence-corrected chi connectivity index (χ1v) is 4.19. The number of quaternary nitrogens is 1. The molecule has 0 bridgehead atoms. The number of rotatable bonds is 0. The molecule has 0 amide bonds. The molecule has 2 heteroatoms. The van der Waals surface area contributed by atoms with E-state index in [2.05, 4.69) is 19.3 Å². The lowest BCUT2D eigenvalue weighted by Crippen LogP contribution is -3.10. The van der Waals surface area contributed by atoms with Gasteiger partial charge in [0.2, 0.25) is 0 Å². The van der Waals surface area contributed by atoms with Crippen LogP contribution in [0, 0.1) is 7.05 Å². The molecule has 2 atom stereocenters. The molecular formula is C9H24N2. The predicted octanol–water partition coefficient (Wildman–Crippen LogP) is 0.317. The van der Waals surface area contributed by atoms with Crippen LogP contribution in [0.1, 0.15) is 28.2 Å². The van der Waals surface area contributed by atoms with Gasteiger partial charge in [-0.15, -0.1) is 0 Å². The Bertz CT molecular complexity index is 66.0. The zero-order chi connectivity index (χ0) is 7.98. The summed E-state index contributed by atoms with van der Waals surface area (Å²) >= 11 is 0. The molecule has 1 heterocycles. The van der Waals surface area contributed by atoms with Gasteiger partial charge in [0, 0.05) is 6.54 Å². The largest absolute Gasteiger partial charge is 0.466 e. The first-order chi connectivity index (χ1) is 4.79. The van der Waals surface area contributed by atoms with Crippen LogP contribution in [0.4, 0.5) is 0 Å². The van der Waals surface area contributed by atoms with Gasteiger partial charge >= 0.3 is 0 Å². The highest BCUT2D eigenvalue weighted by Gasteiger charge is 2.09. The highest BCUT2D eigenvalue weighted by Crippen LogP contribution is 1.76. The fourth-order valence-corrected chi connectivity index (χ4v) is 1.10. The van der Waals surface area contributed by atoms with Crippen molar-refractivity contribution in [3.05, 3.63) is 7.05 Å². The second-order valence-corrected chi connectivity index (χ2v) is 2.56. The Hall–Kier alpha value is -0.0800. The monoisotopic (exact) mass is 160 g/mol. The van der Waals surface area contributed by atoms with Crippen molar-refractivity contribution in [2.75, 3.05) is 19.6 Å². The van der Waals surface area contributed by atoms with Crippen LogP contribution in [0.25, 0.3) is 0 Å². The Morgan fingerprint density at radius 2 is 2.00 bits per heavy atom.